The van der Waals surface area contributed by atoms with Crippen LogP contribution in [0.1, 0.15) is 11.1 Å². The molecule has 0 radical (unpaired) electrons. The molecule has 3 aromatic carbocycles. The van der Waals surface area contributed by atoms with E-state index in [1.54, 1.807) is 62.6 Å². The van der Waals surface area contributed by atoms with Gasteiger partial charge in [-0.25, -0.2) is 9.59 Å². The van der Waals surface area contributed by atoms with Crippen molar-refractivity contribution in [2.45, 2.75) is 19.4 Å². The predicted molar refractivity (Wildman–Crippen MR) is 134 cm³/mol. The number of fused-ring (bicyclic) bond motifs is 1. The maximum absolute atomic E-state index is 12.5. The lowest BCUT2D eigenvalue weighted by molar-refractivity contribution is -0.142. The van der Waals surface area contributed by atoms with Gasteiger partial charge < -0.3 is 24.3 Å². The zero-order valence-corrected chi connectivity index (χ0v) is 19.8. The zero-order chi connectivity index (χ0) is 25.7. The molecule has 0 spiro atoms. The fraction of sp³-hybridized carbons (Fsp3) is 0.179. The van der Waals surface area contributed by atoms with Gasteiger partial charge in [-0.15, -0.1) is 0 Å². The van der Waals surface area contributed by atoms with E-state index in [0.717, 1.165) is 11.1 Å². The van der Waals surface area contributed by atoms with Crippen LogP contribution in [-0.2, 0) is 16.0 Å². The number of aryl methyl sites for hydroxylation is 1. The van der Waals surface area contributed by atoms with Gasteiger partial charge in [0.15, 0.2) is 6.61 Å². The first kappa shape index (κ1) is 24.5. The van der Waals surface area contributed by atoms with Gasteiger partial charge in [0.25, 0.3) is 5.91 Å². The summed E-state index contributed by atoms with van der Waals surface area (Å²) < 4.78 is 16.3. The predicted octanol–water partition coefficient (Wildman–Crippen LogP) is 3.97. The highest BCUT2D eigenvalue weighted by Gasteiger charge is 2.21. The van der Waals surface area contributed by atoms with Crippen LogP contribution in [0.3, 0.4) is 0 Å². The highest BCUT2D eigenvalue weighted by molar-refractivity contribution is 5.95. The number of nitrogens with one attached hydrogen (secondary N) is 1. The van der Waals surface area contributed by atoms with E-state index < -0.39 is 30.2 Å². The largest absolute Gasteiger partial charge is 0.497 e. The number of carboxylic acid groups (broad SMARTS) is 1. The number of hydrogen-bond acceptors (Lipinski definition) is 6. The fourth-order valence-electron chi connectivity index (χ4n) is 3.94. The Balaban J connectivity index is 1.52. The number of ether oxygens (including phenoxy) is 2. The van der Waals surface area contributed by atoms with E-state index >= 15 is 0 Å². The Morgan fingerprint density at radius 1 is 1.03 bits per heavy atom. The quantitative estimate of drug-likeness (QED) is 0.343. The number of hydrogen-bond donors (Lipinski definition) is 2. The Hall–Kier alpha value is -4.59. The van der Waals surface area contributed by atoms with Crippen LogP contribution in [-0.4, -0.2) is 36.7 Å². The van der Waals surface area contributed by atoms with Gasteiger partial charge in [-0.2, -0.15) is 0 Å². The topological polar surface area (TPSA) is 115 Å². The monoisotopic (exact) mass is 487 g/mol. The summed E-state index contributed by atoms with van der Waals surface area (Å²) in [5.41, 5.74) is 2.68. The van der Waals surface area contributed by atoms with Gasteiger partial charge in [-0.3, -0.25) is 4.79 Å². The molecule has 0 aliphatic carbocycles. The highest BCUT2D eigenvalue weighted by atomic mass is 16.5. The van der Waals surface area contributed by atoms with Gasteiger partial charge in [-0.1, -0.05) is 42.5 Å². The Morgan fingerprint density at radius 3 is 2.42 bits per heavy atom. The number of carbonyl (C=O) groups is 2. The molecule has 0 saturated carbocycles. The SMILES string of the molecule is COc1ccc(-c2cc(=O)oc3c(C)c(OCC(=O)NC(Cc4ccccc4)C(=O)O)ccc23)cc1. The number of carboxylic acids is 1. The van der Waals surface area contributed by atoms with Gasteiger partial charge in [0.05, 0.1) is 7.11 Å². The minimum absolute atomic E-state index is 0.149. The number of carbonyl (C=O) groups excluding carboxylic acids is 1. The molecule has 1 heterocycles. The van der Waals surface area contributed by atoms with Crippen LogP contribution in [0.5, 0.6) is 11.5 Å². The first-order valence-electron chi connectivity index (χ1n) is 11.3. The normalized spacial score (nSPS) is 11.6. The van der Waals surface area contributed by atoms with Crippen molar-refractivity contribution in [2.75, 3.05) is 13.7 Å². The summed E-state index contributed by atoms with van der Waals surface area (Å²) in [6, 6.07) is 20.1. The average Bonchev–Trinajstić information content (AvgIpc) is 2.88. The molecule has 1 amide bonds. The van der Waals surface area contributed by atoms with Crippen LogP contribution in [0.15, 0.2) is 82.0 Å². The molecule has 2 N–H and O–H groups in total. The number of rotatable bonds is 9. The van der Waals surface area contributed by atoms with Crippen LogP contribution >= 0.6 is 0 Å². The third-order valence-corrected chi connectivity index (χ3v) is 5.79. The molecule has 0 aliphatic heterocycles. The van der Waals surface area contributed by atoms with Gasteiger partial charge in [-0.05, 0) is 47.9 Å². The van der Waals surface area contributed by atoms with Gasteiger partial charge in [0, 0.05) is 23.4 Å². The molecule has 1 unspecified atom stereocenters. The molecular weight excluding hydrogens is 462 g/mol. The van der Waals surface area contributed by atoms with Gasteiger partial charge in [0.1, 0.15) is 23.1 Å². The summed E-state index contributed by atoms with van der Waals surface area (Å²) in [4.78, 5) is 36.4. The lowest BCUT2D eigenvalue weighted by Gasteiger charge is -2.16. The summed E-state index contributed by atoms with van der Waals surface area (Å²) in [6.07, 6.45) is 0.149. The van der Waals surface area contributed by atoms with E-state index in [1.165, 1.54) is 6.07 Å². The molecule has 36 heavy (non-hydrogen) atoms. The average molecular weight is 488 g/mol. The van der Waals surface area contributed by atoms with Crippen LogP contribution in [0.4, 0.5) is 0 Å². The molecule has 1 atom stereocenters. The molecule has 184 valence electrons. The molecule has 4 aromatic rings. The molecule has 8 heteroatoms. The molecule has 0 aliphatic rings. The second-order valence-corrected chi connectivity index (χ2v) is 8.21. The van der Waals surface area contributed by atoms with Crippen molar-refractivity contribution in [3.63, 3.8) is 0 Å². The molecular formula is C28H25NO7. The summed E-state index contributed by atoms with van der Waals surface area (Å²) in [5.74, 6) is -0.666. The van der Waals surface area contributed by atoms with Crippen molar-refractivity contribution in [1.82, 2.24) is 5.32 Å². The number of benzene rings is 3. The molecule has 0 bridgehead atoms. The van der Waals surface area contributed by atoms with E-state index in [-0.39, 0.29) is 6.42 Å². The Labute approximate surface area is 207 Å². The molecule has 1 aromatic heterocycles. The Morgan fingerprint density at radius 2 is 1.75 bits per heavy atom. The van der Waals surface area contributed by atoms with Crippen LogP contribution < -0.4 is 20.4 Å². The van der Waals surface area contributed by atoms with Crippen molar-refractivity contribution >= 4 is 22.8 Å². The van der Waals surface area contributed by atoms with Crippen molar-refractivity contribution in [3.8, 4) is 22.6 Å². The fourth-order valence-corrected chi connectivity index (χ4v) is 3.94. The minimum Gasteiger partial charge on any atom is -0.497 e. The van der Waals surface area contributed by atoms with E-state index in [9.17, 15) is 19.5 Å². The maximum atomic E-state index is 12.5. The maximum Gasteiger partial charge on any atom is 0.336 e. The molecule has 0 fully saturated rings. The highest BCUT2D eigenvalue weighted by Crippen LogP contribution is 2.33. The number of methoxy groups -OCH3 is 1. The molecule has 4 rings (SSSR count). The van der Waals surface area contributed by atoms with Gasteiger partial charge >= 0.3 is 11.6 Å². The summed E-state index contributed by atoms with van der Waals surface area (Å²) in [5, 5.41) is 12.7. The summed E-state index contributed by atoms with van der Waals surface area (Å²) in [6.45, 7) is 1.33. The van der Waals surface area contributed by atoms with E-state index in [1.807, 2.05) is 18.2 Å². The third-order valence-electron chi connectivity index (χ3n) is 5.79. The third kappa shape index (κ3) is 5.55. The number of aliphatic carboxylic acids is 1. The van der Waals surface area contributed by atoms with Crippen molar-refractivity contribution in [2.24, 2.45) is 0 Å². The Kier molecular flexibility index (Phi) is 7.34. The second kappa shape index (κ2) is 10.8. The summed E-state index contributed by atoms with van der Waals surface area (Å²) in [7, 11) is 1.58. The second-order valence-electron chi connectivity index (χ2n) is 8.21. The van der Waals surface area contributed by atoms with E-state index in [0.29, 0.717) is 33.6 Å². The zero-order valence-electron chi connectivity index (χ0n) is 19.8. The summed E-state index contributed by atoms with van der Waals surface area (Å²) >= 11 is 0. The smallest absolute Gasteiger partial charge is 0.336 e. The van der Waals surface area contributed by atoms with Crippen molar-refractivity contribution in [1.29, 1.82) is 0 Å². The standard InChI is InChI=1S/C28H25NO7/c1-17-24(35-16-25(30)29-23(28(32)33)14-18-6-4-3-5-7-18)13-12-21-22(15-26(31)36-27(17)21)19-8-10-20(34-2)11-9-19/h3-13,15,23H,14,16H2,1-2H3,(H,29,30)(H,32,33). The van der Waals surface area contributed by atoms with Crippen molar-refractivity contribution in [3.05, 3.63) is 94.3 Å². The molecule has 0 saturated heterocycles. The number of amides is 1. The van der Waals surface area contributed by atoms with Crippen LogP contribution in [0, 0.1) is 6.92 Å². The van der Waals surface area contributed by atoms with Crippen molar-refractivity contribution < 1.29 is 28.6 Å². The minimum atomic E-state index is -1.14. The first-order valence-corrected chi connectivity index (χ1v) is 11.3. The van der Waals surface area contributed by atoms with Gasteiger partial charge in [0.2, 0.25) is 0 Å². The lowest BCUT2D eigenvalue weighted by atomic mass is 10.00. The van der Waals surface area contributed by atoms with E-state index in [4.69, 9.17) is 13.9 Å². The van der Waals surface area contributed by atoms with Crippen LogP contribution in [0.2, 0.25) is 0 Å². The van der Waals surface area contributed by atoms with Crippen LogP contribution in [0.25, 0.3) is 22.1 Å². The first-order chi connectivity index (χ1) is 17.4. The Bertz CT molecular complexity index is 1440. The van der Waals surface area contributed by atoms with E-state index in [2.05, 4.69) is 5.32 Å². The molecule has 8 nitrogen and oxygen atoms in total. The lowest BCUT2D eigenvalue weighted by Crippen LogP contribution is -2.44.